The lowest BCUT2D eigenvalue weighted by Crippen LogP contribution is -2.37. The van der Waals surface area contributed by atoms with Gasteiger partial charge in [-0.25, -0.2) is 15.0 Å². The highest BCUT2D eigenvalue weighted by Gasteiger charge is 2.07. The highest BCUT2D eigenvalue weighted by molar-refractivity contribution is 14.0. The summed E-state index contributed by atoms with van der Waals surface area (Å²) in [5.74, 6) is 3.16. The minimum Gasteiger partial charge on any atom is -0.444 e. The molecule has 7 nitrogen and oxygen atoms in total. The minimum absolute atomic E-state index is 0. The molecule has 8 heteroatoms. The van der Waals surface area contributed by atoms with Gasteiger partial charge in [-0.2, -0.15) is 0 Å². The maximum Gasteiger partial charge on any atom is 0.214 e. The Morgan fingerprint density at radius 3 is 2.66 bits per heavy atom. The summed E-state index contributed by atoms with van der Waals surface area (Å²) < 4.78 is 7.77. The fourth-order valence-corrected chi connectivity index (χ4v) is 2.86. The minimum atomic E-state index is 0. The van der Waals surface area contributed by atoms with Gasteiger partial charge in [0, 0.05) is 25.5 Å². The first-order valence-corrected chi connectivity index (χ1v) is 9.64. The van der Waals surface area contributed by atoms with Crippen LogP contribution in [0.1, 0.15) is 35.7 Å². The first-order valence-electron chi connectivity index (χ1n) is 9.64. The van der Waals surface area contributed by atoms with Crippen molar-refractivity contribution in [2.24, 2.45) is 4.99 Å². The third-order valence-corrected chi connectivity index (χ3v) is 4.49. The molecule has 2 aromatic heterocycles. The molecule has 1 aromatic carbocycles. The average molecular weight is 508 g/mol. The monoisotopic (exact) mass is 508 g/mol. The maximum atomic E-state index is 5.61. The van der Waals surface area contributed by atoms with Gasteiger partial charge in [-0.15, -0.1) is 24.0 Å². The Labute approximate surface area is 189 Å². The number of nitrogens with zero attached hydrogens (tertiary/aromatic N) is 4. The largest absolute Gasteiger partial charge is 0.444 e. The molecule has 2 N–H and O–H groups in total. The van der Waals surface area contributed by atoms with E-state index in [1.807, 2.05) is 39.2 Å². The van der Waals surface area contributed by atoms with E-state index in [9.17, 15) is 0 Å². The topological polar surface area (TPSA) is 80.3 Å². The van der Waals surface area contributed by atoms with Gasteiger partial charge in [0.05, 0.1) is 12.2 Å². The molecule has 0 aliphatic rings. The van der Waals surface area contributed by atoms with Crippen molar-refractivity contribution in [2.45, 2.75) is 46.8 Å². The Morgan fingerprint density at radius 2 is 1.97 bits per heavy atom. The Morgan fingerprint density at radius 1 is 1.17 bits per heavy atom. The van der Waals surface area contributed by atoms with E-state index in [4.69, 9.17) is 4.42 Å². The highest BCUT2D eigenvalue weighted by atomic mass is 127. The zero-order chi connectivity index (χ0) is 19.8. The molecule has 0 aliphatic carbocycles. The average Bonchev–Trinajstić information content (AvgIpc) is 3.29. The number of imidazole rings is 1. The van der Waals surface area contributed by atoms with Gasteiger partial charge in [0.15, 0.2) is 5.96 Å². The lowest BCUT2D eigenvalue weighted by Gasteiger charge is -2.10. The summed E-state index contributed by atoms with van der Waals surface area (Å²) in [7, 11) is 0. The lowest BCUT2D eigenvalue weighted by molar-refractivity contribution is 0.463. The second-order valence-electron chi connectivity index (χ2n) is 6.57. The molecule has 2 heterocycles. The SMILES string of the molecule is CCNC(=NCc1nccn1CCc1ccccc1)NCc1nc(C)c(C)o1.I. The molecule has 0 unspecified atom stereocenters. The number of aromatic nitrogens is 3. The Hall–Kier alpha value is -2.36. The zero-order valence-electron chi connectivity index (χ0n) is 17.2. The van der Waals surface area contributed by atoms with Crippen molar-refractivity contribution < 1.29 is 4.42 Å². The van der Waals surface area contributed by atoms with Crippen LogP contribution in [-0.2, 0) is 26.1 Å². The van der Waals surface area contributed by atoms with E-state index < -0.39 is 0 Å². The van der Waals surface area contributed by atoms with E-state index >= 15 is 0 Å². The van der Waals surface area contributed by atoms with Crippen LogP contribution >= 0.6 is 24.0 Å². The molecule has 0 amide bonds. The van der Waals surface area contributed by atoms with Crippen molar-refractivity contribution in [3.63, 3.8) is 0 Å². The third kappa shape index (κ3) is 6.88. The van der Waals surface area contributed by atoms with Crippen LogP contribution < -0.4 is 10.6 Å². The molecule has 3 aromatic rings. The van der Waals surface area contributed by atoms with Crippen LogP contribution in [0, 0.1) is 13.8 Å². The molecule has 0 aliphatic heterocycles. The van der Waals surface area contributed by atoms with Crippen molar-refractivity contribution in [3.8, 4) is 0 Å². The second-order valence-corrected chi connectivity index (χ2v) is 6.57. The third-order valence-electron chi connectivity index (χ3n) is 4.49. The van der Waals surface area contributed by atoms with Crippen LogP contribution in [0.4, 0.5) is 0 Å². The predicted octanol–water partition coefficient (Wildman–Crippen LogP) is 3.60. The van der Waals surface area contributed by atoms with Crippen molar-refractivity contribution in [2.75, 3.05) is 6.54 Å². The number of halogens is 1. The summed E-state index contributed by atoms with van der Waals surface area (Å²) in [5.41, 5.74) is 2.23. The molecular weight excluding hydrogens is 479 g/mol. The predicted molar refractivity (Wildman–Crippen MR) is 125 cm³/mol. The molecule has 0 saturated heterocycles. The first-order chi connectivity index (χ1) is 13.7. The van der Waals surface area contributed by atoms with E-state index in [-0.39, 0.29) is 24.0 Å². The van der Waals surface area contributed by atoms with Crippen LogP contribution in [0.3, 0.4) is 0 Å². The molecular formula is C21H29IN6O. The van der Waals surface area contributed by atoms with Crippen LogP contribution in [0.15, 0.2) is 52.1 Å². The van der Waals surface area contributed by atoms with Crippen molar-refractivity contribution in [1.82, 2.24) is 25.2 Å². The van der Waals surface area contributed by atoms with Gasteiger partial charge in [0.2, 0.25) is 5.89 Å². The van der Waals surface area contributed by atoms with E-state index in [2.05, 4.69) is 54.4 Å². The molecule has 156 valence electrons. The molecule has 0 bridgehead atoms. The molecule has 29 heavy (non-hydrogen) atoms. The molecule has 0 fully saturated rings. The Balaban J connectivity index is 0.00000300. The normalized spacial score (nSPS) is 11.2. The molecule has 0 saturated carbocycles. The summed E-state index contributed by atoms with van der Waals surface area (Å²) in [6.45, 7) is 8.55. The maximum absolute atomic E-state index is 5.61. The van der Waals surface area contributed by atoms with Crippen LogP contribution in [0.5, 0.6) is 0 Å². The van der Waals surface area contributed by atoms with Gasteiger partial charge in [0.25, 0.3) is 0 Å². The van der Waals surface area contributed by atoms with E-state index in [0.29, 0.717) is 24.9 Å². The molecule has 3 rings (SSSR count). The molecule has 0 radical (unpaired) electrons. The number of hydrogen-bond donors (Lipinski definition) is 2. The van der Waals surface area contributed by atoms with Crippen molar-refractivity contribution >= 4 is 29.9 Å². The van der Waals surface area contributed by atoms with E-state index in [1.165, 1.54) is 5.56 Å². The van der Waals surface area contributed by atoms with E-state index in [1.54, 1.807) is 0 Å². The van der Waals surface area contributed by atoms with Gasteiger partial charge in [-0.1, -0.05) is 30.3 Å². The van der Waals surface area contributed by atoms with Gasteiger partial charge >= 0.3 is 0 Å². The number of oxazole rings is 1. The van der Waals surface area contributed by atoms with Crippen LogP contribution in [0.2, 0.25) is 0 Å². The number of hydrogen-bond acceptors (Lipinski definition) is 4. The number of rotatable bonds is 8. The van der Waals surface area contributed by atoms with Gasteiger partial charge < -0.3 is 19.6 Å². The summed E-state index contributed by atoms with van der Waals surface area (Å²) in [6.07, 6.45) is 4.80. The molecule has 0 atom stereocenters. The van der Waals surface area contributed by atoms with Gasteiger partial charge in [-0.3, -0.25) is 0 Å². The first kappa shape index (κ1) is 22.9. The smallest absolute Gasteiger partial charge is 0.214 e. The summed E-state index contributed by atoms with van der Waals surface area (Å²) in [5, 5.41) is 6.51. The van der Waals surface area contributed by atoms with Crippen LogP contribution in [0.25, 0.3) is 0 Å². The standard InChI is InChI=1S/C21H28N6O.HI/c1-4-22-21(25-15-20-26-16(2)17(3)28-20)24-14-19-23-11-13-27(19)12-10-18-8-6-5-7-9-18;/h5-9,11,13H,4,10,12,14-15H2,1-3H3,(H2,22,24,25);1H. The van der Waals surface area contributed by atoms with Crippen molar-refractivity contribution in [1.29, 1.82) is 0 Å². The summed E-state index contributed by atoms with van der Waals surface area (Å²) in [6, 6.07) is 10.5. The quantitative estimate of drug-likeness (QED) is 0.276. The van der Waals surface area contributed by atoms with Gasteiger partial charge in [-0.05, 0) is 32.8 Å². The van der Waals surface area contributed by atoms with E-state index in [0.717, 1.165) is 36.8 Å². The summed E-state index contributed by atoms with van der Waals surface area (Å²) in [4.78, 5) is 13.5. The number of benzene rings is 1. The zero-order valence-corrected chi connectivity index (χ0v) is 19.5. The Kier molecular flexibility index (Phi) is 9.17. The lowest BCUT2D eigenvalue weighted by atomic mass is 10.1. The van der Waals surface area contributed by atoms with Crippen LogP contribution in [-0.4, -0.2) is 27.0 Å². The Bertz CT molecular complexity index is 884. The number of aliphatic imine (C=N–C) groups is 1. The highest BCUT2D eigenvalue weighted by Crippen LogP contribution is 2.08. The summed E-state index contributed by atoms with van der Waals surface area (Å²) >= 11 is 0. The number of aryl methyl sites for hydroxylation is 4. The van der Waals surface area contributed by atoms with Crippen molar-refractivity contribution in [3.05, 3.63) is 71.5 Å². The van der Waals surface area contributed by atoms with Gasteiger partial charge in [0.1, 0.15) is 18.1 Å². The fourth-order valence-electron chi connectivity index (χ4n) is 2.86. The number of nitrogens with one attached hydrogen (secondary N) is 2. The second kappa shape index (κ2) is 11.6. The number of guanidine groups is 1. The molecule has 0 spiro atoms. The fraction of sp³-hybridized carbons (Fsp3) is 0.381.